The van der Waals surface area contributed by atoms with E-state index in [0.29, 0.717) is 5.92 Å². The van der Waals surface area contributed by atoms with Crippen LogP contribution in [0.1, 0.15) is 32.3 Å². The summed E-state index contributed by atoms with van der Waals surface area (Å²) >= 11 is 3.48. The van der Waals surface area contributed by atoms with Crippen molar-refractivity contribution in [1.82, 2.24) is 0 Å². The summed E-state index contributed by atoms with van der Waals surface area (Å²) in [5.74, 6) is 1.51. The lowest BCUT2D eigenvalue weighted by atomic mass is 10.0. The van der Waals surface area contributed by atoms with Crippen LogP contribution in [0.2, 0.25) is 0 Å². The van der Waals surface area contributed by atoms with E-state index in [2.05, 4.69) is 35.0 Å². The van der Waals surface area contributed by atoms with E-state index < -0.39 is 0 Å². The number of alkyl halides is 1. The van der Waals surface area contributed by atoms with Gasteiger partial charge in [-0.15, -0.1) is 0 Å². The topological polar surface area (TPSA) is 9.23 Å². The summed E-state index contributed by atoms with van der Waals surface area (Å²) in [6, 6.07) is 8.33. The van der Waals surface area contributed by atoms with Gasteiger partial charge in [-0.3, -0.25) is 0 Å². The molecule has 0 aliphatic heterocycles. The molecule has 0 spiro atoms. The van der Waals surface area contributed by atoms with Gasteiger partial charge in [-0.1, -0.05) is 35.0 Å². The number of hydrogen-bond acceptors (Lipinski definition) is 1. The highest BCUT2D eigenvalue weighted by molar-refractivity contribution is 9.09. The van der Waals surface area contributed by atoms with E-state index in [9.17, 15) is 0 Å². The Labute approximate surface area is 94.6 Å². The van der Waals surface area contributed by atoms with Gasteiger partial charge in [-0.05, 0) is 37.5 Å². The second-order valence-corrected chi connectivity index (χ2v) is 4.44. The lowest BCUT2D eigenvalue weighted by Crippen LogP contribution is -2.05. The molecule has 0 amide bonds. The highest BCUT2D eigenvalue weighted by Crippen LogP contribution is 2.21. The van der Waals surface area contributed by atoms with Crippen molar-refractivity contribution in [3.8, 4) is 5.75 Å². The van der Waals surface area contributed by atoms with Crippen LogP contribution < -0.4 is 4.74 Å². The summed E-state index contributed by atoms with van der Waals surface area (Å²) in [4.78, 5) is 0. The molecule has 78 valence electrons. The zero-order chi connectivity index (χ0) is 10.6. The van der Waals surface area contributed by atoms with E-state index in [1.54, 1.807) is 0 Å². The Morgan fingerprint density at radius 2 is 1.71 bits per heavy atom. The third-order valence-corrected chi connectivity index (χ3v) is 3.02. The lowest BCUT2D eigenvalue weighted by Gasteiger charge is -2.12. The first-order valence-electron chi connectivity index (χ1n) is 4.96. The smallest absolute Gasteiger partial charge is 0.119 e. The second-order valence-electron chi connectivity index (χ2n) is 3.79. The molecule has 1 aromatic rings. The van der Waals surface area contributed by atoms with E-state index in [1.165, 1.54) is 5.56 Å². The van der Waals surface area contributed by atoms with Crippen LogP contribution in [0.4, 0.5) is 0 Å². The molecule has 0 radical (unpaired) electrons. The van der Waals surface area contributed by atoms with Gasteiger partial charge in [0.05, 0.1) is 6.10 Å². The van der Waals surface area contributed by atoms with Crippen molar-refractivity contribution in [3.05, 3.63) is 29.8 Å². The molecular formula is C12H17BrO. The fraction of sp³-hybridized carbons (Fsp3) is 0.500. The van der Waals surface area contributed by atoms with Crippen LogP contribution >= 0.6 is 15.9 Å². The Kier molecular flexibility index (Phi) is 4.46. The third-order valence-electron chi connectivity index (χ3n) is 2.05. The predicted molar refractivity (Wildman–Crippen MR) is 64.4 cm³/mol. The fourth-order valence-corrected chi connectivity index (χ4v) is 1.61. The molecule has 1 nitrogen and oxygen atoms in total. The van der Waals surface area contributed by atoms with Crippen molar-refractivity contribution >= 4 is 15.9 Å². The first-order valence-corrected chi connectivity index (χ1v) is 6.08. The molecule has 0 bridgehead atoms. The van der Waals surface area contributed by atoms with Crippen molar-refractivity contribution < 1.29 is 4.74 Å². The van der Waals surface area contributed by atoms with E-state index >= 15 is 0 Å². The monoisotopic (exact) mass is 256 g/mol. The van der Waals surface area contributed by atoms with Crippen molar-refractivity contribution in [2.45, 2.75) is 32.8 Å². The number of benzene rings is 1. The van der Waals surface area contributed by atoms with Crippen molar-refractivity contribution in [3.63, 3.8) is 0 Å². The minimum absolute atomic E-state index is 0.245. The van der Waals surface area contributed by atoms with Crippen LogP contribution in [-0.4, -0.2) is 11.4 Å². The first-order chi connectivity index (χ1) is 6.63. The molecule has 0 saturated heterocycles. The molecule has 0 heterocycles. The summed E-state index contributed by atoms with van der Waals surface area (Å²) in [5, 5.41) is 0.997. The van der Waals surface area contributed by atoms with Gasteiger partial charge in [0.25, 0.3) is 0 Å². The van der Waals surface area contributed by atoms with E-state index in [0.717, 1.165) is 11.1 Å². The standard InChI is InChI=1S/C12H17BrO/c1-9(2)14-12-6-4-11(5-7-12)10(3)8-13/h4-7,9-10H,8H2,1-3H3. The molecule has 1 aromatic carbocycles. The summed E-state index contributed by atoms with van der Waals surface area (Å²) in [5.41, 5.74) is 1.35. The molecular weight excluding hydrogens is 240 g/mol. The molecule has 2 heteroatoms. The van der Waals surface area contributed by atoms with Crippen LogP contribution in [0.15, 0.2) is 24.3 Å². The zero-order valence-electron chi connectivity index (χ0n) is 8.96. The normalized spacial score (nSPS) is 12.9. The Morgan fingerprint density at radius 3 is 2.14 bits per heavy atom. The van der Waals surface area contributed by atoms with Crippen LogP contribution in [0, 0.1) is 0 Å². The first kappa shape index (κ1) is 11.6. The summed E-state index contributed by atoms with van der Waals surface area (Å²) in [6.45, 7) is 6.27. The SMILES string of the molecule is CC(C)Oc1ccc(C(C)CBr)cc1. The van der Waals surface area contributed by atoms with E-state index in [1.807, 2.05) is 26.0 Å². The van der Waals surface area contributed by atoms with E-state index in [4.69, 9.17) is 4.74 Å². The van der Waals surface area contributed by atoms with Crippen LogP contribution in [-0.2, 0) is 0 Å². The van der Waals surface area contributed by atoms with Crippen molar-refractivity contribution in [2.24, 2.45) is 0 Å². The minimum Gasteiger partial charge on any atom is -0.491 e. The molecule has 1 unspecified atom stereocenters. The molecule has 1 atom stereocenters. The largest absolute Gasteiger partial charge is 0.491 e. The Hall–Kier alpha value is -0.500. The molecule has 0 N–H and O–H groups in total. The Balaban J connectivity index is 2.68. The Bertz CT molecular complexity index is 266. The number of rotatable bonds is 4. The molecule has 1 rings (SSSR count). The average molecular weight is 257 g/mol. The fourth-order valence-electron chi connectivity index (χ4n) is 1.24. The zero-order valence-corrected chi connectivity index (χ0v) is 10.5. The van der Waals surface area contributed by atoms with Gasteiger partial charge < -0.3 is 4.74 Å². The number of ether oxygens (including phenoxy) is 1. The van der Waals surface area contributed by atoms with Gasteiger partial charge in [-0.2, -0.15) is 0 Å². The maximum Gasteiger partial charge on any atom is 0.119 e. The van der Waals surface area contributed by atoms with Crippen molar-refractivity contribution in [1.29, 1.82) is 0 Å². The predicted octanol–water partition coefficient (Wildman–Crippen LogP) is 3.97. The molecule has 0 saturated carbocycles. The maximum atomic E-state index is 5.57. The quantitative estimate of drug-likeness (QED) is 0.741. The van der Waals surface area contributed by atoms with Crippen LogP contribution in [0.25, 0.3) is 0 Å². The van der Waals surface area contributed by atoms with Crippen LogP contribution in [0.5, 0.6) is 5.75 Å². The summed E-state index contributed by atoms with van der Waals surface area (Å²) in [7, 11) is 0. The molecule has 0 aliphatic carbocycles. The van der Waals surface area contributed by atoms with Gasteiger partial charge in [0.15, 0.2) is 0 Å². The second kappa shape index (κ2) is 5.40. The number of halogens is 1. The lowest BCUT2D eigenvalue weighted by molar-refractivity contribution is 0.242. The molecule has 0 aromatic heterocycles. The van der Waals surface area contributed by atoms with Gasteiger partial charge in [0, 0.05) is 5.33 Å². The number of hydrogen-bond donors (Lipinski definition) is 0. The van der Waals surface area contributed by atoms with Gasteiger partial charge in [0.2, 0.25) is 0 Å². The molecule has 0 fully saturated rings. The van der Waals surface area contributed by atoms with Crippen molar-refractivity contribution in [2.75, 3.05) is 5.33 Å². The van der Waals surface area contributed by atoms with Gasteiger partial charge in [-0.25, -0.2) is 0 Å². The summed E-state index contributed by atoms with van der Waals surface area (Å²) < 4.78 is 5.57. The Morgan fingerprint density at radius 1 is 1.14 bits per heavy atom. The molecule has 14 heavy (non-hydrogen) atoms. The van der Waals surface area contributed by atoms with Gasteiger partial charge in [0.1, 0.15) is 5.75 Å². The third kappa shape index (κ3) is 3.33. The average Bonchev–Trinajstić information content (AvgIpc) is 2.17. The summed E-state index contributed by atoms with van der Waals surface area (Å²) in [6.07, 6.45) is 0.245. The van der Waals surface area contributed by atoms with E-state index in [-0.39, 0.29) is 6.10 Å². The molecule has 0 aliphatic rings. The van der Waals surface area contributed by atoms with Crippen LogP contribution in [0.3, 0.4) is 0 Å². The highest BCUT2D eigenvalue weighted by atomic mass is 79.9. The highest BCUT2D eigenvalue weighted by Gasteiger charge is 2.03. The minimum atomic E-state index is 0.245. The maximum absolute atomic E-state index is 5.57. The van der Waals surface area contributed by atoms with Gasteiger partial charge >= 0.3 is 0 Å².